The highest BCUT2D eigenvalue weighted by Crippen LogP contribution is 2.39. The molecule has 14 heteroatoms. The zero-order valence-electron chi connectivity index (χ0n) is 28.9. The molecule has 0 atom stereocenters. The Labute approximate surface area is 305 Å². The number of carbonyl (C=O) groups is 1. The van der Waals surface area contributed by atoms with Crippen LogP contribution in [-0.4, -0.2) is 82.0 Å². The normalized spacial score (nSPS) is 12.5. The second kappa shape index (κ2) is 19.1. The molecule has 0 radical (unpaired) electrons. The van der Waals surface area contributed by atoms with Crippen molar-refractivity contribution >= 4 is 39.0 Å². The molecule has 0 aliphatic heterocycles. The van der Waals surface area contributed by atoms with Gasteiger partial charge in [-0.1, -0.05) is 12.1 Å². The van der Waals surface area contributed by atoms with Crippen LogP contribution in [0, 0.1) is 5.82 Å². The topological polar surface area (TPSA) is 134 Å². The molecule has 1 aliphatic rings. The summed E-state index contributed by atoms with van der Waals surface area (Å²) in [5.41, 5.74) is 3.79. The summed E-state index contributed by atoms with van der Waals surface area (Å²) in [7, 11) is 1.64. The molecule has 1 aliphatic carbocycles. The van der Waals surface area contributed by atoms with Gasteiger partial charge >= 0.3 is 6.03 Å². The summed E-state index contributed by atoms with van der Waals surface area (Å²) < 4.78 is 48.9. The number of aromatic nitrogens is 2. The summed E-state index contributed by atoms with van der Waals surface area (Å²) in [5.74, 6) is 0.687. The predicted molar refractivity (Wildman–Crippen MR) is 198 cm³/mol. The first-order chi connectivity index (χ1) is 25.5. The SMILES string of the molecule is COCCOCCOCCOCCOc1cccc(NCc2ccc(-c3cc4nccc(Oc5ccc(NC(=O)NC6CC6)cc5F)c4s3)nc2)c1. The van der Waals surface area contributed by atoms with Crippen LogP contribution < -0.4 is 25.4 Å². The Kier molecular flexibility index (Phi) is 13.6. The number of carbonyl (C=O) groups excluding carboxylic acids is 1. The zero-order valence-corrected chi connectivity index (χ0v) is 29.7. The van der Waals surface area contributed by atoms with Crippen LogP contribution in [0.4, 0.5) is 20.6 Å². The van der Waals surface area contributed by atoms with Gasteiger partial charge in [0.2, 0.25) is 0 Å². The predicted octanol–water partition coefficient (Wildman–Crippen LogP) is 7.26. The monoisotopic (exact) mass is 731 g/mol. The number of nitrogens with zero attached hydrogens (tertiary/aromatic N) is 2. The molecule has 0 saturated heterocycles. The first-order valence-corrected chi connectivity index (χ1v) is 17.9. The van der Waals surface area contributed by atoms with Crippen LogP contribution in [0.15, 0.2) is 79.1 Å². The summed E-state index contributed by atoms with van der Waals surface area (Å²) in [6.45, 7) is 4.65. The third-order valence-corrected chi connectivity index (χ3v) is 8.94. The lowest BCUT2D eigenvalue weighted by Gasteiger charge is -2.11. The van der Waals surface area contributed by atoms with Gasteiger partial charge in [0.1, 0.15) is 18.1 Å². The molecular weight excluding hydrogens is 690 g/mol. The summed E-state index contributed by atoms with van der Waals surface area (Å²) >= 11 is 1.47. The van der Waals surface area contributed by atoms with E-state index < -0.39 is 5.82 Å². The number of ether oxygens (including phenoxy) is 6. The van der Waals surface area contributed by atoms with Gasteiger partial charge in [0.05, 0.1) is 67.0 Å². The minimum absolute atomic E-state index is 0.0466. The van der Waals surface area contributed by atoms with Gasteiger partial charge in [0, 0.05) is 61.7 Å². The fourth-order valence-corrected chi connectivity index (χ4v) is 6.00. The van der Waals surface area contributed by atoms with Gasteiger partial charge in [-0.25, -0.2) is 9.18 Å². The van der Waals surface area contributed by atoms with Crippen molar-refractivity contribution in [1.29, 1.82) is 0 Å². The summed E-state index contributed by atoms with van der Waals surface area (Å²) in [6.07, 6.45) is 5.40. The fraction of sp³-hybridized carbons (Fsp3) is 0.342. The number of hydrogen-bond acceptors (Lipinski definition) is 11. The molecule has 274 valence electrons. The first kappa shape index (κ1) is 36.9. The Bertz CT molecular complexity index is 1890. The number of thiophene rings is 1. The molecule has 6 rings (SSSR count). The molecule has 1 fully saturated rings. The number of pyridine rings is 2. The van der Waals surface area contributed by atoms with Gasteiger partial charge in [0.25, 0.3) is 0 Å². The minimum Gasteiger partial charge on any atom is -0.491 e. The van der Waals surface area contributed by atoms with Crippen LogP contribution >= 0.6 is 11.3 Å². The molecule has 1 saturated carbocycles. The van der Waals surface area contributed by atoms with Crippen molar-refractivity contribution in [3.8, 4) is 27.8 Å². The standard InChI is InChI=1S/C38H42FN5O7S/c1-46-13-14-47-15-16-48-17-18-49-19-20-50-30-4-2-3-28(21-30)41-24-26-5-9-32(42-25-26)36-23-33-37(52-36)35(11-12-40-33)51-34-10-8-29(22-31(34)39)44-38(45)43-27-6-7-27/h2-5,8-12,21-23,25,27,41H,6-7,13-20,24H2,1H3,(H2,43,44,45). The van der Waals surface area contributed by atoms with Crippen molar-refractivity contribution < 1.29 is 37.6 Å². The van der Waals surface area contributed by atoms with Crippen molar-refractivity contribution in [2.24, 2.45) is 0 Å². The molecule has 0 bridgehead atoms. The van der Waals surface area contributed by atoms with Crippen molar-refractivity contribution in [2.75, 3.05) is 70.6 Å². The summed E-state index contributed by atoms with van der Waals surface area (Å²) in [4.78, 5) is 22.1. The number of fused-ring (bicyclic) bond motifs is 1. The van der Waals surface area contributed by atoms with Crippen molar-refractivity contribution in [1.82, 2.24) is 15.3 Å². The Balaban J connectivity index is 0.951. The first-order valence-electron chi connectivity index (χ1n) is 17.1. The van der Waals surface area contributed by atoms with Crippen LogP contribution in [0.25, 0.3) is 20.8 Å². The molecule has 3 heterocycles. The number of hydrogen-bond donors (Lipinski definition) is 3. The Hall–Kier alpha value is -4.86. The second-order valence-corrected chi connectivity index (χ2v) is 12.9. The van der Waals surface area contributed by atoms with E-state index in [9.17, 15) is 9.18 Å². The van der Waals surface area contributed by atoms with E-state index >= 15 is 0 Å². The average molecular weight is 732 g/mol. The maximum atomic E-state index is 15.0. The van der Waals surface area contributed by atoms with E-state index in [0.717, 1.165) is 50.6 Å². The molecule has 2 amide bonds. The quantitative estimate of drug-likeness (QED) is 0.0663. The van der Waals surface area contributed by atoms with Gasteiger partial charge in [-0.2, -0.15) is 0 Å². The van der Waals surface area contributed by atoms with Crippen molar-refractivity contribution in [3.63, 3.8) is 0 Å². The van der Waals surface area contributed by atoms with Crippen LogP contribution in [0.2, 0.25) is 0 Å². The smallest absolute Gasteiger partial charge is 0.319 e. The maximum Gasteiger partial charge on any atom is 0.319 e. The molecule has 52 heavy (non-hydrogen) atoms. The van der Waals surface area contributed by atoms with E-state index in [4.69, 9.17) is 33.4 Å². The molecule has 12 nitrogen and oxygen atoms in total. The molecule has 3 aromatic heterocycles. The summed E-state index contributed by atoms with van der Waals surface area (Å²) in [5, 5.41) is 8.90. The van der Waals surface area contributed by atoms with E-state index in [1.165, 1.54) is 23.5 Å². The number of methoxy groups -OCH3 is 1. The van der Waals surface area contributed by atoms with E-state index in [0.29, 0.717) is 70.8 Å². The lowest BCUT2D eigenvalue weighted by atomic mass is 10.2. The Morgan fingerprint density at radius 3 is 2.37 bits per heavy atom. The lowest BCUT2D eigenvalue weighted by Crippen LogP contribution is -2.30. The molecule has 3 N–H and O–H groups in total. The van der Waals surface area contributed by atoms with Gasteiger partial charge < -0.3 is 44.4 Å². The average Bonchev–Trinajstić information content (AvgIpc) is 3.86. The van der Waals surface area contributed by atoms with Crippen LogP contribution in [-0.2, 0) is 25.5 Å². The van der Waals surface area contributed by atoms with Crippen molar-refractivity contribution in [2.45, 2.75) is 25.4 Å². The number of benzene rings is 2. The highest BCUT2D eigenvalue weighted by Gasteiger charge is 2.23. The van der Waals surface area contributed by atoms with Gasteiger partial charge in [-0.15, -0.1) is 11.3 Å². The van der Waals surface area contributed by atoms with Gasteiger partial charge in [-0.05, 0) is 54.8 Å². The van der Waals surface area contributed by atoms with E-state index in [2.05, 4.69) is 20.9 Å². The molecule has 0 unspecified atom stereocenters. The van der Waals surface area contributed by atoms with Crippen LogP contribution in [0.5, 0.6) is 17.2 Å². The number of anilines is 2. The fourth-order valence-electron chi connectivity index (χ4n) is 4.96. The Morgan fingerprint density at radius 2 is 1.63 bits per heavy atom. The molecule has 2 aromatic carbocycles. The highest BCUT2D eigenvalue weighted by molar-refractivity contribution is 7.22. The number of rotatable bonds is 21. The largest absolute Gasteiger partial charge is 0.491 e. The number of amides is 2. The number of urea groups is 1. The van der Waals surface area contributed by atoms with Gasteiger partial charge in [0.15, 0.2) is 11.6 Å². The number of halogens is 1. The van der Waals surface area contributed by atoms with Crippen LogP contribution in [0.3, 0.4) is 0 Å². The van der Waals surface area contributed by atoms with E-state index in [1.807, 2.05) is 48.7 Å². The molecule has 0 spiro atoms. The molecule has 5 aromatic rings. The van der Waals surface area contributed by atoms with E-state index in [-0.39, 0.29) is 17.8 Å². The lowest BCUT2D eigenvalue weighted by molar-refractivity contribution is 0.000166. The maximum absolute atomic E-state index is 15.0. The van der Waals surface area contributed by atoms with E-state index in [1.54, 1.807) is 25.4 Å². The minimum atomic E-state index is -0.588. The highest BCUT2D eigenvalue weighted by atomic mass is 32.1. The third-order valence-electron chi connectivity index (χ3n) is 7.78. The third kappa shape index (κ3) is 11.3. The Morgan fingerprint density at radius 1 is 0.846 bits per heavy atom. The van der Waals surface area contributed by atoms with Crippen molar-refractivity contribution in [3.05, 3.63) is 90.5 Å². The molecular formula is C38H42FN5O7S. The van der Waals surface area contributed by atoms with Crippen LogP contribution in [0.1, 0.15) is 18.4 Å². The number of nitrogens with one attached hydrogen (secondary N) is 3. The zero-order chi connectivity index (χ0) is 36.0. The van der Waals surface area contributed by atoms with Gasteiger partial charge in [-0.3, -0.25) is 9.97 Å². The second-order valence-electron chi connectivity index (χ2n) is 11.9. The summed E-state index contributed by atoms with van der Waals surface area (Å²) in [6, 6.07) is 19.6.